The second kappa shape index (κ2) is 6.40. The zero-order valence-corrected chi connectivity index (χ0v) is 8.58. The van der Waals surface area contributed by atoms with E-state index in [1.807, 2.05) is 25.9 Å². The number of aliphatic hydroxyl groups excluding tert-OH is 1. The van der Waals surface area contributed by atoms with Gasteiger partial charge < -0.3 is 14.7 Å². The van der Waals surface area contributed by atoms with Crippen molar-refractivity contribution >= 4 is 0 Å². The standard InChI is InChI=1S/C9H21NO2/c1-5-8(2)12-7-9(11)6-10(3)4/h8-9,11H,5-7H2,1-4H3. The predicted molar refractivity (Wildman–Crippen MR) is 50.3 cm³/mol. The average molecular weight is 175 g/mol. The van der Waals surface area contributed by atoms with Gasteiger partial charge in [-0.3, -0.25) is 0 Å². The minimum absolute atomic E-state index is 0.252. The van der Waals surface area contributed by atoms with Crippen LogP contribution in [0.5, 0.6) is 0 Å². The minimum Gasteiger partial charge on any atom is -0.389 e. The molecule has 3 heteroatoms. The van der Waals surface area contributed by atoms with Crippen LogP contribution >= 0.6 is 0 Å². The van der Waals surface area contributed by atoms with Crippen molar-refractivity contribution in [2.45, 2.75) is 32.5 Å². The van der Waals surface area contributed by atoms with Crippen LogP contribution in [-0.4, -0.2) is 49.5 Å². The Balaban J connectivity index is 3.36. The lowest BCUT2D eigenvalue weighted by Gasteiger charge is -2.18. The molecule has 0 aliphatic rings. The van der Waals surface area contributed by atoms with Crippen molar-refractivity contribution in [1.29, 1.82) is 0 Å². The number of hydrogen-bond donors (Lipinski definition) is 1. The van der Waals surface area contributed by atoms with Crippen LogP contribution in [0, 0.1) is 0 Å². The van der Waals surface area contributed by atoms with E-state index < -0.39 is 0 Å². The van der Waals surface area contributed by atoms with Crippen LogP contribution in [0.25, 0.3) is 0 Å². The smallest absolute Gasteiger partial charge is 0.0900 e. The van der Waals surface area contributed by atoms with E-state index in [0.29, 0.717) is 13.2 Å². The topological polar surface area (TPSA) is 32.7 Å². The lowest BCUT2D eigenvalue weighted by Crippen LogP contribution is -2.30. The number of ether oxygens (including phenoxy) is 1. The van der Waals surface area contributed by atoms with Gasteiger partial charge in [-0.25, -0.2) is 0 Å². The number of nitrogens with zero attached hydrogens (tertiary/aromatic N) is 1. The van der Waals surface area contributed by atoms with Gasteiger partial charge in [0, 0.05) is 6.54 Å². The highest BCUT2D eigenvalue weighted by Crippen LogP contribution is 1.97. The summed E-state index contributed by atoms with van der Waals surface area (Å²) in [4.78, 5) is 1.95. The van der Waals surface area contributed by atoms with E-state index in [1.165, 1.54) is 0 Å². The van der Waals surface area contributed by atoms with Crippen molar-refractivity contribution in [3.63, 3.8) is 0 Å². The second-order valence-corrected chi connectivity index (χ2v) is 3.47. The molecule has 0 fully saturated rings. The second-order valence-electron chi connectivity index (χ2n) is 3.47. The molecule has 2 unspecified atom stereocenters. The third-order valence-corrected chi connectivity index (χ3v) is 1.72. The Labute approximate surface area is 75.3 Å². The first-order chi connectivity index (χ1) is 5.56. The van der Waals surface area contributed by atoms with Gasteiger partial charge in [0.15, 0.2) is 0 Å². The Kier molecular flexibility index (Phi) is 6.34. The highest BCUT2D eigenvalue weighted by Gasteiger charge is 2.07. The summed E-state index contributed by atoms with van der Waals surface area (Å²) >= 11 is 0. The fraction of sp³-hybridized carbons (Fsp3) is 1.00. The molecule has 0 heterocycles. The summed E-state index contributed by atoms with van der Waals surface area (Å²) in [6.07, 6.45) is 0.880. The Bertz CT molecular complexity index is 107. The van der Waals surface area contributed by atoms with Crippen LogP contribution < -0.4 is 0 Å². The molecule has 0 bridgehead atoms. The Morgan fingerprint density at radius 3 is 2.42 bits per heavy atom. The summed E-state index contributed by atoms with van der Waals surface area (Å²) < 4.78 is 5.38. The van der Waals surface area contributed by atoms with E-state index in [1.54, 1.807) is 0 Å². The van der Waals surface area contributed by atoms with E-state index in [9.17, 15) is 5.11 Å². The molecule has 74 valence electrons. The van der Waals surface area contributed by atoms with Gasteiger partial charge in [-0.2, -0.15) is 0 Å². The highest BCUT2D eigenvalue weighted by molar-refractivity contribution is 4.58. The molecule has 0 saturated heterocycles. The van der Waals surface area contributed by atoms with Crippen molar-refractivity contribution in [2.24, 2.45) is 0 Å². The summed E-state index contributed by atoms with van der Waals surface area (Å²) in [5.74, 6) is 0. The molecule has 0 aromatic rings. The van der Waals surface area contributed by atoms with Gasteiger partial charge in [-0.05, 0) is 27.4 Å². The number of rotatable bonds is 6. The number of likely N-dealkylation sites (N-methyl/N-ethyl adjacent to an activating group) is 1. The Morgan fingerprint density at radius 2 is 2.00 bits per heavy atom. The molecule has 0 aromatic heterocycles. The molecular formula is C9H21NO2. The maximum absolute atomic E-state index is 9.40. The average Bonchev–Trinajstić information content (AvgIpc) is 1.99. The molecule has 0 aliphatic heterocycles. The first kappa shape index (κ1) is 11.9. The molecule has 0 amide bonds. The van der Waals surface area contributed by atoms with Crippen LogP contribution in [0.3, 0.4) is 0 Å². The van der Waals surface area contributed by atoms with E-state index in [4.69, 9.17) is 4.74 Å². The maximum Gasteiger partial charge on any atom is 0.0900 e. The molecule has 0 saturated carbocycles. The molecule has 0 radical (unpaired) electrons. The summed E-state index contributed by atoms with van der Waals surface area (Å²) in [5, 5.41) is 9.40. The third-order valence-electron chi connectivity index (χ3n) is 1.72. The molecule has 0 spiro atoms. The first-order valence-corrected chi connectivity index (χ1v) is 4.50. The number of hydrogen-bond acceptors (Lipinski definition) is 3. The molecule has 1 N–H and O–H groups in total. The normalized spacial score (nSPS) is 16.5. The van der Waals surface area contributed by atoms with E-state index in [-0.39, 0.29) is 12.2 Å². The summed E-state index contributed by atoms with van der Waals surface area (Å²) in [5.41, 5.74) is 0. The van der Waals surface area contributed by atoms with Crippen LogP contribution in [0.2, 0.25) is 0 Å². The Hall–Kier alpha value is -0.120. The zero-order chi connectivity index (χ0) is 9.56. The van der Waals surface area contributed by atoms with Gasteiger partial charge in [0.25, 0.3) is 0 Å². The molecule has 0 aliphatic carbocycles. The summed E-state index contributed by atoms with van der Waals surface area (Å²) in [6, 6.07) is 0. The van der Waals surface area contributed by atoms with Gasteiger partial charge in [-0.15, -0.1) is 0 Å². The van der Waals surface area contributed by atoms with E-state index >= 15 is 0 Å². The highest BCUT2D eigenvalue weighted by atomic mass is 16.5. The Morgan fingerprint density at radius 1 is 1.42 bits per heavy atom. The van der Waals surface area contributed by atoms with Crippen LogP contribution in [0.1, 0.15) is 20.3 Å². The van der Waals surface area contributed by atoms with Crippen LogP contribution in [0.15, 0.2) is 0 Å². The first-order valence-electron chi connectivity index (χ1n) is 4.50. The van der Waals surface area contributed by atoms with Gasteiger partial charge in [-0.1, -0.05) is 6.92 Å². The SMILES string of the molecule is CCC(C)OCC(O)CN(C)C. The van der Waals surface area contributed by atoms with E-state index in [2.05, 4.69) is 6.92 Å². The van der Waals surface area contributed by atoms with Crippen molar-refractivity contribution in [2.75, 3.05) is 27.2 Å². The van der Waals surface area contributed by atoms with Gasteiger partial charge >= 0.3 is 0 Å². The van der Waals surface area contributed by atoms with Gasteiger partial charge in [0.05, 0.1) is 18.8 Å². The third kappa shape index (κ3) is 6.58. The predicted octanol–water partition coefficient (Wildman–Crippen LogP) is 0.724. The minimum atomic E-state index is -0.367. The van der Waals surface area contributed by atoms with Crippen molar-refractivity contribution in [3.05, 3.63) is 0 Å². The van der Waals surface area contributed by atoms with Gasteiger partial charge in [0.2, 0.25) is 0 Å². The lowest BCUT2D eigenvalue weighted by atomic mass is 10.3. The maximum atomic E-state index is 9.40. The fourth-order valence-corrected chi connectivity index (χ4v) is 0.867. The van der Waals surface area contributed by atoms with Crippen molar-refractivity contribution < 1.29 is 9.84 Å². The molecular weight excluding hydrogens is 154 g/mol. The lowest BCUT2D eigenvalue weighted by molar-refractivity contribution is -0.0109. The van der Waals surface area contributed by atoms with Crippen LogP contribution in [-0.2, 0) is 4.74 Å². The molecule has 12 heavy (non-hydrogen) atoms. The largest absolute Gasteiger partial charge is 0.389 e. The van der Waals surface area contributed by atoms with Gasteiger partial charge in [0.1, 0.15) is 0 Å². The molecule has 2 atom stereocenters. The van der Waals surface area contributed by atoms with Crippen LogP contribution in [0.4, 0.5) is 0 Å². The van der Waals surface area contributed by atoms with Crippen molar-refractivity contribution in [3.8, 4) is 0 Å². The van der Waals surface area contributed by atoms with Crippen molar-refractivity contribution in [1.82, 2.24) is 4.90 Å². The zero-order valence-electron chi connectivity index (χ0n) is 8.58. The van der Waals surface area contributed by atoms with E-state index in [0.717, 1.165) is 6.42 Å². The molecule has 0 rings (SSSR count). The monoisotopic (exact) mass is 175 g/mol. The number of aliphatic hydroxyl groups is 1. The quantitative estimate of drug-likeness (QED) is 0.646. The summed E-state index contributed by atoms with van der Waals surface area (Å²) in [7, 11) is 3.87. The fourth-order valence-electron chi connectivity index (χ4n) is 0.867. The molecule has 0 aromatic carbocycles. The molecule has 3 nitrogen and oxygen atoms in total. The summed E-state index contributed by atoms with van der Waals surface area (Å²) in [6.45, 7) is 5.19.